The molecule has 3 rings (SSSR count). The molecule has 116 valence electrons. The van der Waals surface area contributed by atoms with Gasteiger partial charge in [-0.1, -0.05) is 17.7 Å². The summed E-state index contributed by atoms with van der Waals surface area (Å²) in [6.45, 7) is 1.10. The molecule has 0 bridgehead atoms. The number of halogens is 1. The highest BCUT2D eigenvalue weighted by atomic mass is 35.5. The van der Waals surface area contributed by atoms with E-state index in [2.05, 4.69) is 0 Å². The molecule has 2 aliphatic rings. The van der Waals surface area contributed by atoms with Gasteiger partial charge in [0.15, 0.2) is 0 Å². The predicted molar refractivity (Wildman–Crippen MR) is 81.5 cm³/mol. The Balaban J connectivity index is 1.63. The van der Waals surface area contributed by atoms with E-state index in [-0.39, 0.29) is 23.8 Å². The number of piperidine rings is 1. The maximum absolute atomic E-state index is 12.4. The molecule has 2 saturated heterocycles. The molecule has 0 radical (unpaired) electrons. The van der Waals surface area contributed by atoms with E-state index >= 15 is 0 Å². The third kappa shape index (κ3) is 2.86. The minimum absolute atomic E-state index is 0.0555. The van der Waals surface area contributed by atoms with Crippen LogP contribution in [0.15, 0.2) is 24.3 Å². The summed E-state index contributed by atoms with van der Waals surface area (Å²) in [7, 11) is 0. The van der Waals surface area contributed by atoms with Gasteiger partial charge in [-0.3, -0.25) is 19.3 Å². The fourth-order valence-electron chi connectivity index (χ4n) is 3.13. The van der Waals surface area contributed by atoms with E-state index in [0.29, 0.717) is 49.4 Å². The molecule has 0 unspecified atom stereocenters. The van der Waals surface area contributed by atoms with Crippen LogP contribution < -0.4 is 0 Å². The highest BCUT2D eigenvalue weighted by Crippen LogP contribution is 2.24. The van der Waals surface area contributed by atoms with Crippen molar-refractivity contribution in [1.29, 1.82) is 0 Å². The van der Waals surface area contributed by atoms with Crippen molar-refractivity contribution in [1.82, 2.24) is 9.80 Å². The molecular weight excluding hydrogens is 304 g/mol. The summed E-state index contributed by atoms with van der Waals surface area (Å²) >= 11 is 5.92. The molecule has 1 aromatic rings. The third-order valence-corrected chi connectivity index (χ3v) is 4.51. The Hall–Kier alpha value is -1.88. The monoisotopic (exact) mass is 320 g/mol. The van der Waals surface area contributed by atoms with Crippen molar-refractivity contribution in [3.05, 3.63) is 34.9 Å². The number of hydrogen-bond acceptors (Lipinski definition) is 3. The summed E-state index contributed by atoms with van der Waals surface area (Å²) in [6.07, 6.45) is 1.93. The van der Waals surface area contributed by atoms with Gasteiger partial charge in [0, 0.05) is 42.6 Å². The molecule has 2 heterocycles. The van der Waals surface area contributed by atoms with E-state index in [1.54, 1.807) is 29.2 Å². The lowest BCUT2D eigenvalue weighted by Crippen LogP contribution is -2.48. The molecule has 3 amide bonds. The smallest absolute Gasteiger partial charge is 0.253 e. The van der Waals surface area contributed by atoms with Crippen LogP contribution in [0.2, 0.25) is 5.02 Å². The average Bonchev–Trinajstić information content (AvgIpc) is 2.86. The summed E-state index contributed by atoms with van der Waals surface area (Å²) in [5, 5.41) is 0.536. The molecule has 0 atom stereocenters. The van der Waals surface area contributed by atoms with Gasteiger partial charge in [-0.05, 0) is 31.0 Å². The van der Waals surface area contributed by atoms with Crippen LogP contribution in [0.5, 0.6) is 0 Å². The summed E-state index contributed by atoms with van der Waals surface area (Å²) < 4.78 is 0. The summed E-state index contributed by atoms with van der Waals surface area (Å²) in [5.74, 6) is -0.214. The minimum Gasteiger partial charge on any atom is -0.338 e. The van der Waals surface area contributed by atoms with Gasteiger partial charge >= 0.3 is 0 Å². The summed E-state index contributed by atoms with van der Waals surface area (Å²) in [6, 6.07) is 6.82. The highest BCUT2D eigenvalue weighted by Gasteiger charge is 2.37. The predicted octanol–water partition coefficient (Wildman–Crippen LogP) is 2.09. The van der Waals surface area contributed by atoms with Gasteiger partial charge in [-0.25, -0.2) is 0 Å². The molecule has 0 spiro atoms. The Morgan fingerprint density at radius 1 is 1.09 bits per heavy atom. The van der Waals surface area contributed by atoms with Crippen LogP contribution in [0.4, 0.5) is 0 Å². The first-order valence-corrected chi connectivity index (χ1v) is 7.84. The van der Waals surface area contributed by atoms with Crippen molar-refractivity contribution < 1.29 is 14.4 Å². The molecule has 1 aromatic carbocycles. The summed E-state index contributed by atoms with van der Waals surface area (Å²) in [4.78, 5) is 39.1. The van der Waals surface area contributed by atoms with Crippen molar-refractivity contribution >= 4 is 29.3 Å². The molecule has 0 saturated carbocycles. The number of nitrogens with zero attached hydrogens (tertiary/aromatic N) is 2. The Kier molecular flexibility index (Phi) is 4.16. The number of hydrogen-bond donors (Lipinski definition) is 0. The Bertz CT molecular complexity index is 608. The van der Waals surface area contributed by atoms with Gasteiger partial charge in [0.25, 0.3) is 5.91 Å². The van der Waals surface area contributed by atoms with E-state index in [0.717, 1.165) is 0 Å². The number of benzene rings is 1. The molecule has 2 aliphatic heterocycles. The van der Waals surface area contributed by atoms with Gasteiger partial charge < -0.3 is 4.90 Å². The van der Waals surface area contributed by atoms with Crippen LogP contribution in [0, 0.1) is 0 Å². The molecule has 6 heteroatoms. The third-order valence-electron chi connectivity index (χ3n) is 4.28. The van der Waals surface area contributed by atoms with Crippen LogP contribution >= 0.6 is 11.6 Å². The van der Waals surface area contributed by atoms with Crippen LogP contribution in [-0.2, 0) is 9.59 Å². The molecule has 0 aliphatic carbocycles. The average molecular weight is 321 g/mol. The van der Waals surface area contributed by atoms with Gasteiger partial charge in [-0.15, -0.1) is 0 Å². The zero-order chi connectivity index (χ0) is 15.7. The Labute approximate surface area is 133 Å². The lowest BCUT2D eigenvalue weighted by atomic mass is 10.0. The van der Waals surface area contributed by atoms with E-state index in [4.69, 9.17) is 11.6 Å². The van der Waals surface area contributed by atoms with Gasteiger partial charge in [0.2, 0.25) is 11.8 Å². The van der Waals surface area contributed by atoms with Crippen LogP contribution in [-0.4, -0.2) is 46.7 Å². The zero-order valence-electron chi connectivity index (χ0n) is 12.1. The van der Waals surface area contributed by atoms with Gasteiger partial charge in [0.1, 0.15) is 0 Å². The van der Waals surface area contributed by atoms with Crippen molar-refractivity contribution in [2.24, 2.45) is 0 Å². The lowest BCUT2D eigenvalue weighted by molar-refractivity contribution is -0.141. The minimum atomic E-state index is -0.0791. The first-order valence-electron chi connectivity index (χ1n) is 7.46. The SMILES string of the molecule is O=C(c1cccc(Cl)c1)N1CCC(N2C(=O)CCC2=O)CC1. The molecule has 0 N–H and O–H groups in total. The maximum Gasteiger partial charge on any atom is 0.253 e. The van der Waals surface area contributed by atoms with Gasteiger partial charge in [0.05, 0.1) is 0 Å². The fraction of sp³-hybridized carbons (Fsp3) is 0.438. The molecule has 2 fully saturated rings. The largest absolute Gasteiger partial charge is 0.338 e. The second kappa shape index (κ2) is 6.08. The molecule has 5 nitrogen and oxygen atoms in total. The number of rotatable bonds is 2. The van der Waals surface area contributed by atoms with Crippen LogP contribution in [0.1, 0.15) is 36.0 Å². The van der Waals surface area contributed by atoms with Crippen molar-refractivity contribution in [3.63, 3.8) is 0 Å². The topological polar surface area (TPSA) is 57.7 Å². The number of imide groups is 1. The number of carbonyl (C=O) groups excluding carboxylic acids is 3. The van der Waals surface area contributed by atoms with Crippen molar-refractivity contribution in [2.45, 2.75) is 31.7 Å². The van der Waals surface area contributed by atoms with E-state index < -0.39 is 0 Å². The van der Waals surface area contributed by atoms with Crippen LogP contribution in [0.25, 0.3) is 0 Å². The second-order valence-electron chi connectivity index (χ2n) is 5.69. The first-order chi connectivity index (χ1) is 10.6. The Morgan fingerprint density at radius 3 is 2.32 bits per heavy atom. The summed E-state index contributed by atoms with van der Waals surface area (Å²) in [5.41, 5.74) is 0.569. The number of likely N-dealkylation sites (tertiary alicyclic amines) is 2. The molecular formula is C16H17ClN2O3. The maximum atomic E-state index is 12.4. The van der Waals surface area contributed by atoms with E-state index in [9.17, 15) is 14.4 Å². The quantitative estimate of drug-likeness (QED) is 0.784. The Morgan fingerprint density at radius 2 is 1.73 bits per heavy atom. The normalized spacial score (nSPS) is 19.9. The number of carbonyl (C=O) groups is 3. The van der Waals surface area contributed by atoms with Gasteiger partial charge in [-0.2, -0.15) is 0 Å². The molecule has 22 heavy (non-hydrogen) atoms. The number of amides is 3. The zero-order valence-corrected chi connectivity index (χ0v) is 12.9. The van der Waals surface area contributed by atoms with Crippen molar-refractivity contribution in [2.75, 3.05) is 13.1 Å². The second-order valence-corrected chi connectivity index (χ2v) is 6.13. The van der Waals surface area contributed by atoms with E-state index in [1.165, 1.54) is 4.90 Å². The molecule has 0 aromatic heterocycles. The standard InChI is InChI=1S/C16H17ClN2O3/c17-12-3-1-2-11(10-12)16(22)18-8-6-13(7-9-18)19-14(20)4-5-15(19)21/h1-3,10,13H,4-9H2. The first kappa shape index (κ1) is 15.0. The highest BCUT2D eigenvalue weighted by molar-refractivity contribution is 6.30. The fourth-order valence-corrected chi connectivity index (χ4v) is 3.32. The van der Waals surface area contributed by atoms with Crippen LogP contribution in [0.3, 0.4) is 0 Å². The lowest BCUT2D eigenvalue weighted by Gasteiger charge is -2.35. The van der Waals surface area contributed by atoms with E-state index in [1.807, 2.05) is 0 Å². The van der Waals surface area contributed by atoms with Crippen molar-refractivity contribution in [3.8, 4) is 0 Å².